The predicted octanol–water partition coefficient (Wildman–Crippen LogP) is 4.13. The van der Waals surface area contributed by atoms with Gasteiger partial charge in [0.2, 0.25) is 16.0 Å². The summed E-state index contributed by atoms with van der Waals surface area (Å²) >= 11 is 0. The molecule has 0 unspecified atom stereocenters. The molecule has 0 saturated carbocycles. The first kappa shape index (κ1) is 28.5. The van der Waals surface area contributed by atoms with Crippen molar-refractivity contribution in [3.63, 3.8) is 0 Å². The quantitative estimate of drug-likeness (QED) is 0.460. The average Bonchev–Trinajstić information content (AvgIpc) is 3.37. The molecule has 0 aliphatic carbocycles. The Bertz CT molecular complexity index is 1150. The third kappa shape index (κ3) is 7.47. The Morgan fingerprint density at radius 3 is 2.27 bits per heavy atom. The first-order chi connectivity index (χ1) is 17.5. The van der Waals surface area contributed by atoms with Gasteiger partial charge in [-0.2, -0.15) is 4.98 Å². The summed E-state index contributed by atoms with van der Waals surface area (Å²) in [5, 5.41) is 3.42. The van der Waals surface area contributed by atoms with Gasteiger partial charge in [0.1, 0.15) is 11.4 Å². The molecule has 1 aliphatic heterocycles. The number of sulfonamides is 1. The fraction of sp³-hybridized carbons (Fsp3) is 0.577. The lowest BCUT2D eigenvalue weighted by atomic mass is 10.1. The Labute approximate surface area is 221 Å². The lowest BCUT2D eigenvalue weighted by Crippen LogP contribution is -2.37. The molecule has 11 heteroatoms. The van der Waals surface area contributed by atoms with Crippen LogP contribution in [0.4, 0.5) is 22.2 Å². The molecule has 2 heterocycles. The number of amides is 1. The number of nitrogens with one attached hydrogen (secondary N) is 1. The van der Waals surface area contributed by atoms with E-state index in [1.54, 1.807) is 23.2 Å². The summed E-state index contributed by atoms with van der Waals surface area (Å²) in [7, 11) is -3.54. The number of carbonyl (C=O) groups excluding carboxylic acids is 1. The summed E-state index contributed by atoms with van der Waals surface area (Å²) < 4.78 is 32.1. The van der Waals surface area contributed by atoms with Crippen LogP contribution in [0.5, 0.6) is 5.75 Å². The summed E-state index contributed by atoms with van der Waals surface area (Å²) in [5.41, 5.74) is 1.47. The molecular weight excluding hydrogens is 492 g/mol. The maximum Gasteiger partial charge on any atom is 0.415 e. The summed E-state index contributed by atoms with van der Waals surface area (Å²) in [6.07, 6.45) is 5.16. The van der Waals surface area contributed by atoms with E-state index in [0.29, 0.717) is 29.6 Å². The molecular formula is C26H40N6O4S. The highest BCUT2D eigenvalue weighted by molar-refractivity contribution is 7.92. The topological polar surface area (TPSA) is 108 Å². The largest absolute Gasteiger partial charge is 0.415 e. The van der Waals surface area contributed by atoms with Crippen LogP contribution in [0.15, 0.2) is 30.5 Å². The van der Waals surface area contributed by atoms with Crippen molar-refractivity contribution in [2.24, 2.45) is 0 Å². The highest BCUT2D eigenvalue weighted by Gasteiger charge is 2.26. The van der Waals surface area contributed by atoms with E-state index in [1.165, 1.54) is 10.6 Å². The van der Waals surface area contributed by atoms with Gasteiger partial charge in [-0.1, -0.05) is 12.1 Å². The van der Waals surface area contributed by atoms with Gasteiger partial charge in [0.25, 0.3) is 0 Å². The fourth-order valence-corrected chi connectivity index (χ4v) is 5.79. The van der Waals surface area contributed by atoms with E-state index in [0.717, 1.165) is 44.6 Å². The lowest BCUT2D eigenvalue weighted by molar-refractivity contribution is 0.163. The van der Waals surface area contributed by atoms with Crippen LogP contribution in [0, 0.1) is 0 Å². The highest BCUT2D eigenvalue weighted by atomic mass is 32.2. The number of nitrogens with zero attached hydrogens (tertiary/aromatic N) is 5. The average molecular weight is 533 g/mol. The molecule has 1 atom stereocenters. The summed E-state index contributed by atoms with van der Waals surface area (Å²) in [5.74, 6) is 1.54. The van der Waals surface area contributed by atoms with Crippen LogP contribution in [0.2, 0.25) is 0 Å². The third-order valence-electron chi connectivity index (χ3n) is 6.28. The van der Waals surface area contributed by atoms with Crippen LogP contribution in [0.3, 0.4) is 0 Å². The molecule has 0 spiro atoms. The summed E-state index contributed by atoms with van der Waals surface area (Å²) in [6.45, 7) is 12.7. The van der Waals surface area contributed by atoms with Crippen LogP contribution in [-0.2, 0) is 16.4 Å². The fourth-order valence-electron chi connectivity index (χ4n) is 4.53. The monoisotopic (exact) mass is 532 g/mol. The van der Waals surface area contributed by atoms with E-state index in [9.17, 15) is 13.2 Å². The Hall–Kier alpha value is -3.08. The van der Waals surface area contributed by atoms with Crippen LogP contribution in [-0.4, -0.2) is 73.9 Å². The normalized spacial score (nSPS) is 14.5. The second kappa shape index (κ2) is 12.4. The van der Waals surface area contributed by atoms with Crippen molar-refractivity contribution in [3.8, 4) is 5.75 Å². The molecule has 1 aromatic carbocycles. The molecule has 0 bridgehead atoms. The number of carbonyl (C=O) groups is 1. The molecule has 1 aromatic heterocycles. The van der Waals surface area contributed by atoms with E-state index < -0.39 is 10.0 Å². The predicted molar refractivity (Wildman–Crippen MR) is 148 cm³/mol. The molecule has 2 aromatic rings. The van der Waals surface area contributed by atoms with E-state index in [4.69, 9.17) is 9.72 Å². The Morgan fingerprint density at radius 2 is 1.73 bits per heavy atom. The number of hydrogen-bond donors (Lipinski definition) is 1. The number of hydrogen-bond acceptors (Lipinski definition) is 8. The zero-order chi connectivity index (χ0) is 27.2. The second-order valence-corrected chi connectivity index (χ2v) is 11.5. The summed E-state index contributed by atoms with van der Waals surface area (Å²) in [4.78, 5) is 25.2. The highest BCUT2D eigenvalue weighted by Crippen LogP contribution is 2.30. The van der Waals surface area contributed by atoms with Gasteiger partial charge < -0.3 is 19.9 Å². The Balaban J connectivity index is 1.78. The molecule has 1 amide bonds. The van der Waals surface area contributed by atoms with Gasteiger partial charge >= 0.3 is 6.09 Å². The number of aromatic nitrogens is 2. The molecule has 1 aliphatic rings. The van der Waals surface area contributed by atoms with Crippen molar-refractivity contribution in [2.75, 3.05) is 47.0 Å². The summed E-state index contributed by atoms with van der Waals surface area (Å²) in [6, 6.07) is 7.10. The van der Waals surface area contributed by atoms with Gasteiger partial charge in [-0.05, 0) is 71.6 Å². The first-order valence-corrected chi connectivity index (χ1v) is 14.8. The minimum Gasteiger partial charge on any atom is -0.410 e. The minimum absolute atomic E-state index is 0.0650. The van der Waals surface area contributed by atoms with Crippen LogP contribution >= 0.6 is 0 Å². The number of ether oxygens (including phenoxy) is 1. The minimum atomic E-state index is -3.54. The second-order valence-electron chi connectivity index (χ2n) is 9.68. The van der Waals surface area contributed by atoms with Crippen molar-refractivity contribution >= 4 is 33.6 Å². The van der Waals surface area contributed by atoms with Crippen molar-refractivity contribution in [1.29, 1.82) is 0 Å². The number of rotatable bonds is 11. The Kier molecular flexibility index (Phi) is 9.58. The van der Waals surface area contributed by atoms with Crippen molar-refractivity contribution < 1.29 is 17.9 Å². The van der Waals surface area contributed by atoms with E-state index in [-0.39, 0.29) is 18.2 Å². The van der Waals surface area contributed by atoms with Gasteiger partial charge in [0.05, 0.1) is 12.5 Å². The van der Waals surface area contributed by atoms with E-state index in [2.05, 4.69) is 10.3 Å². The van der Waals surface area contributed by atoms with Crippen molar-refractivity contribution in [1.82, 2.24) is 14.9 Å². The van der Waals surface area contributed by atoms with E-state index >= 15 is 0 Å². The van der Waals surface area contributed by atoms with Gasteiger partial charge in [0, 0.05) is 38.3 Å². The van der Waals surface area contributed by atoms with Crippen molar-refractivity contribution in [3.05, 3.63) is 36.0 Å². The van der Waals surface area contributed by atoms with Gasteiger partial charge in [-0.3, -0.25) is 4.31 Å². The molecule has 204 valence electrons. The molecule has 1 N–H and O–H groups in total. The number of benzene rings is 1. The van der Waals surface area contributed by atoms with Gasteiger partial charge in [0.15, 0.2) is 5.82 Å². The molecule has 0 radical (unpaired) electrons. The number of anilines is 3. The first-order valence-electron chi connectivity index (χ1n) is 13.0. The van der Waals surface area contributed by atoms with Crippen LogP contribution in [0.25, 0.3) is 0 Å². The van der Waals surface area contributed by atoms with Gasteiger partial charge in [-0.25, -0.2) is 18.2 Å². The van der Waals surface area contributed by atoms with Crippen molar-refractivity contribution in [2.45, 2.75) is 66.0 Å². The van der Waals surface area contributed by atoms with E-state index in [1.807, 2.05) is 51.7 Å². The number of likely N-dealkylation sites (tertiary alicyclic amines) is 1. The molecule has 3 rings (SSSR count). The van der Waals surface area contributed by atoms with Crippen LogP contribution in [0.1, 0.15) is 53.0 Å². The molecule has 37 heavy (non-hydrogen) atoms. The zero-order valence-corrected chi connectivity index (χ0v) is 23.6. The molecule has 10 nitrogen and oxygen atoms in total. The lowest BCUT2D eigenvalue weighted by Gasteiger charge is -2.30. The molecule has 1 saturated heterocycles. The van der Waals surface area contributed by atoms with Crippen LogP contribution < -0.4 is 19.3 Å². The third-order valence-corrected chi connectivity index (χ3v) is 7.62. The maximum atomic E-state index is 12.6. The zero-order valence-electron chi connectivity index (χ0n) is 22.8. The maximum absolute atomic E-state index is 12.6. The molecule has 1 fully saturated rings. The standard InChI is InChI=1S/C26H40N6O4S/c1-7-30(8-2)25-27-18-23(32(19(3)4)37(6,34)35)24(29-25)28-20(5)17-21-11-13-22(14-12-21)36-26(33)31-15-9-10-16-31/h11-14,18-20H,7-10,15-17H2,1-6H3,(H,27,28,29)/t20-/m0/s1. The smallest absolute Gasteiger partial charge is 0.410 e. The SMILES string of the molecule is CCN(CC)c1ncc(N(C(C)C)S(C)(=O)=O)c(N[C@@H](C)Cc2ccc(OC(=O)N3CCCC3)cc2)n1. The Morgan fingerprint density at radius 1 is 1.11 bits per heavy atom. The van der Waals surface area contributed by atoms with Gasteiger partial charge in [-0.15, -0.1) is 0 Å².